The van der Waals surface area contributed by atoms with E-state index >= 15 is 0 Å². The summed E-state index contributed by atoms with van der Waals surface area (Å²) in [6, 6.07) is 9.29. The normalized spacial score (nSPS) is 9.67. The Labute approximate surface area is 131 Å². The monoisotopic (exact) mass is 328 g/mol. The molecule has 0 bridgehead atoms. The first-order valence-corrected chi connectivity index (χ1v) is 6.53. The van der Waals surface area contributed by atoms with Gasteiger partial charge in [0.1, 0.15) is 0 Å². The quantitative estimate of drug-likeness (QED) is 0.633. The van der Waals surface area contributed by atoms with E-state index in [0.717, 1.165) is 0 Å². The number of anilines is 2. The highest BCUT2D eigenvalue weighted by Gasteiger charge is 2.06. The fourth-order valence-corrected chi connectivity index (χ4v) is 1.80. The number of carboxylic acid groups (broad SMARTS) is 1. The fourth-order valence-electron chi connectivity index (χ4n) is 1.44. The first-order valence-electron chi connectivity index (χ1n) is 5.78. The number of hydrogen-bond donors (Lipinski definition) is 4. The van der Waals surface area contributed by atoms with Gasteiger partial charge in [-0.05, 0) is 30.3 Å². The Hall–Kier alpha value is -1.95. The van der Waals surface area contributed by atoms with Crippen LogP contribution < -0.4 is 11.5 Å². The molecule has 0 aromatic heterocycles. The highest BCUT2D eigenvalue weighted by Crippen LogP contribution is 2.18. The zero-order chi connectivity index (χ0) is 16.0. The molecule has 0 amide bonds. The van der Waals surface area contributed by atoms with E-state index in [0.29, 0.717) is 21.3 Å². The first kappa shape index (κ1) is 17.1. The molecule has 0 aliphatic rings. The summed E-state index contributed by atoms with van der Waals surface area (Å²) in [6.45, 7) is -0.0387. The zero-order valence-corrected chi connectivity index (χ0v) is 12.4. The number of rotatable bonds is 2. The van der Waals surface area contributed by atoms with Crippen molar-refractivity contribution < 1.29 is 15.0 Å². The van der Waals surface area contributed by atoms with Crippen molar-refractivity contribution in [2.24, 2.45) is 0 Å². The van der Waals surface area contributed by atoms with Gasteiger partial charge in [-0.3, -0.25) is 0 Å². The minimum absolute atomic E-state index is 0.0387. The summed E-state index contributed by atoms with van der Waals surface area (Å²) in [5, 5.41) is 18.2. The van der Waals surface area contributed by atoms with Crippen molar-refractivity contribution in [2.45, 2.75) is 6.61 Å². The Morgan fingerprint density at radius 1 is 1.00 bits per heavy atom. The van der Waals surface area contributed by atoms with Crippen molar-refractivity contribution in [3.8, 4) is 0 Å². The van der Waals surface area contributed by atoms with E-state index in [9.17, 15) is 4.79 Å². The molecule has 0 heterocycles. The van der Waals surface area contributed by atoms with Crippen LogP contribution in [-0.2, 0) is 6.61 Å². The van der Waals surface area contributed by atoms with Crippen molar-refractivity contribution in [3.05, 3.63) is 57.6 Å². The third-order valence-corrected chi connectivity index (χ3v) is 2.99. The minimum Gasteiger partial charge on any atom is -0.478 e. The van der Waals surface area contributed by atoms with Crippen LogP contribution in [0, 0.1) is 0 Å². The van der Waals surface area contributed by atoms with Gasteiger partial charge in [0.15, 0.2) is 0 Å². The van der Waals surface area contributed by atoms with Crippen molar-refractivity contribution in [2.75, 3.05) is 11.5 Å². The molecule has 112 valence electrons. The number of carbonyl (C=O) groups is 1. The summed E-state index contributed by atoms with van der Waals surface area (Å²) in [6.07, 6.45) is 0. The van der Waals surface area contributed by atoms with E-state index < -0.39 is 5.97 Å². The molecule has 6 N–H and O–H groups in total. The van der Waals surface area contributed by atoms with Gasteiger partial charge in [-0.25, -0.2) is 4.79 Å². The van der Waals surface area contributed by atoms with E-state index in [1.165, 1.54) is 18.2 Å². The number of benzene rings is 2. The Balaban J connectivity index is 0.000000211. The van der Waals surface area contributed by atoms with Gasteiger partial charge in [-0.2, -0.15) is 0 Å². The lowest BCUT2D eigenvalue weighted by Crippen LogP contribution is -2.01. The molecular formula is C14H14Cl2N2O3. The molecule has 0 atom stereocenters. The maximum atomic E-state index is 10.4. The molecule has 0 radical (unpaired) electrons. The van der Waals surface area contributed by atoms with E-state index in [-0.39, 0.29) is 17.9 Å². The van der Waals surface area contributed by atoms with Crippen molar-refractivity contribution in [1.29, 1.82) is 0 Å². The standard InChI is InChI=1S/C7H6ClNO2.C7H8ClNO/c8-4-1-2-5(7(10)11)6(9)3-4;8-6-2-1-5(4-10)7(9)3-6/h1-3H,9H2,(H,10,11);1-3,10H,4,9H2. The van der Waals surface area contributed by atoms with E-state index in [1.54, 1.807) is 18.2 Å². The van der Waals surface area contributed by atoms with Crippen LogP contribution in [0.2, 0.25) is 10.0 Å². The average molecular weight is 329 g/mol. The molecule has 0 unspecified atom stereocenters. The number of aliphatic hydroxyl groups is 1. The minimum atomic E-state index is -1.04. The zero-order valence-electron chi connectivity index (χ0n) is 10.9. The molecule has 5 nitrogen and oxygen atoms in total. The number of aromatic carboxylic acids is 1. The van der Waals surface area contributed by atoms with Crippen molar-refractivity contribution in [1.82, 2.24) is 0 Å². The Morgan fingerprint density at radius 2 is 1.52 bits per heavy atom. The van der Waals surface area contributed by atoms with Crippen LogP contribution >= 0.6 is 23.2 Å². The van der Waals surface area contributed by atoms with Crippen LogP contribution in [0.25, 0.3) is 0 Å². The molecule has 0 spiro atoms. The molecule has 0 saturated carbocycles. The van der Waals surface area contributed by atoms with Crippen LogP contribution in [0.4, 0.5) is 11.4 Å². The molecule has 0 aliphatic carbocycles. The van der Waals surface area contributed by atoms with Gasteiger partial charge in [-0.1, -0.05) is 29.3 Å². The highest BCUT2D eigenvalue weighted by atomic mass is 35.5. The summed E-state index contributed by atoms with van der Waals surface area (Å²) in [4.78, 5) is 10.4. The van der Waals surface area contributed by atoms with Gasteiger partial charge in [0.2, 0.25) is 0 Å². The smallest absolute Gasteiger partial charge is 0.337 e. The van der Waals surface area contributed by atoms with Crippen LogP contribution in [0.3, 0.4) is 0 Å². The number of nitrogens with two attached hydrogens (primary N) is 2. The molecule has 2 rings (SSSR count). The number of hydrogen-bond acceptors (Lipinski definition) is 4. The van der Waals surface area contributed by atoms with Gasteiger partial charge in [-0.15, -0.1) is 0 Å². The molecule has 0 fully saturated rings. The van der Waals surface area contributed by atoms with Crippen molar-refractivity contribution >= 4 is 40.5 Å². The lowest BCUT2D eigenvalue weighted by atomic mass is 10.2. The van der Waals surface area contributed by atoms with Gasteiger partial charge < -0.3 is 21.7 Å². The molecule has 7 heteroatoms. The van der Waals surface area contributed by atoms with Crippen LogP contribution in [-0.4, -0.2) is 16.2 Å². The third kappa shape index (κ3) is 5.15. The fraction of sp³-hybridized carbons (Fsp3) is 0.0714. The predicted octanol–water partition coefficient (Wildman–Crippen LogP) is 3.03. The van der Waals surface area contributed by atoms with E-state index in [2.05, 4.69) is 0 Å². The van der Waals surface area contributed by atoms with Gasteiger partial charge in [0.25, 0.3) is 0 Å². The molecule has 0 aliphatic heterocycles. The lowest BCUT2D eigenvalue weighted by Gasteiger charge is -2.00. The summed E-state index contributed by atoms with van der Waals surface area (Å²) >= 11 is 11.2. The second-order valence-electron chi connectivity index (χ2n) is 4.04. The predicted molar refractivity (Wildman–Crippen MR) is 84.6 cm³/mol. The summed E-state index contributed by atoms with van der Waals surface area (Å²) in [5.41, 5.74) is 12.4. The number of halogens is 2. The van der Waals surface area contributed by atoms with E-state index in [1.807, 2.05) is 0 Å². The maximum absolute atomic E-state index is 10.4. The van der Waals surface area contributed by atoms with Crippen LogP contribution in [0.5, 0.6) is 0 Å². The summed E-state index contributed by atoms with van der Waals surface area (Å²) in [7, 11) is 0. The molecule has 2 aromatic carbocycles. The number of aliphatic hydroxyl groups excluding tert-OH is 1. The Morgan fingerprint density at radius 3 is 1.95 bits per heavy atom. The molecular weight excluding hydrogens is 315 g/mol. The average Bonchev–Trinajstić information content (AvgIpc) is 2.39. The van der Waals surface area contributed by atoms with Gasteiger partial charge >= 0.3 is 5.97 Å². The van der Waals surface area contributed by atoms with Crippen molar-refractivity contribution in [3.63, 3.8) is 0 Å². The SMILES string of the molecule is Nc1cc(Cl)ccc1C(=O)O.Nc1cc(Cl)ccc1CO. The summed E-state index contributed by atoms with van der Waals surface area (Å²) in [5.74, 6) is -1.04. The molecule has 21 heavy (non-hydrogen) atoms. The number of nitrogen functional groups attached to an aromatic ring is 2. The third-order valence-electron chi connectivity index (χ3n) is 2.52. The lowest BCUT2D eigenvalue weighted by molar-refractivity contribution is 0.0698. The Kier molecular flexibility index (Phi) is 6.30. The highest BCUT2D eigenvalue weighted by molar-refractivity contribution is 6.31. The molecule has 2 aromatic rings. The second kappa shape index (κ2) is 7.73. The van der Waals surface area contributed by atoms with Gasteiger partial charge in [0.05, 0.1) is 12.2 Å². The Bertz CT molecular complexity index is 648. The first-order chi connectivity index (χ1) is 9.85. The number of carboxylic acids is 1. The maximum Gasteiger partial charge on any atom is 0.337 e. The topological polar surface area (TPSA) is 110 Å². The molecule has 0 saturated heterocycles. The van der Waals surface area contributed by atoms with Gasteiger partial charge in [0, 0.05) is 27.0 Å². The second-order valence-corrected chi connectivity index (χ2v) is 4.91. The van der Waals surface area contributed by atoms with E-state index in [4.69, 9.17) is 44.9 Å². The van der Waals surface area contributed by atoms with Crippen LogP contribution in [0.15, 0.2) is 36.4 Å². The largest absolute Gasteiger partial charge is 0.478 e. The summed E-state index contributed by atoms with van der Waals surface area (Å²) < 4.78 is 0. The van der Waals surface area contributed by atoms with Crippen LogP contribution in [0.1, 0.15) is 15.9 Å².